The molecule has 0 unspecified atom stereocenters. The molecule has 0 spiro atoms. The molecule has 15 heavy (non-hydrogen) atoms. The highest BCUT2D eigenvalue weighted by molar-refractivity contribution is 5.80. The number of carbonyl (C=O) groups is 2. The number of amides is 1. The van der Waals surface area contributed by atoms with Gasteiger partial charge in [-0.25, -0.2) is 0 Å². The van der Waals surface area contributed by atoms with Crippen LogP contribution in [-0.4, -0.2) is 50.2 Å². The molecule has 0 aromatic rings. The number of carbonyl (C=O) groups excluding carboxylic acids is 2. The average Bonchev–Trinajstić information content (AvgIpc) is 2.17. The Hall–Kier alpha value is -1.36. The van der Waals surface area contributed by atoms with Crippen molar-refractivity contribution in [1.82, 2.24) is 4.90 Å². The van der Waals surface area contributed by atoms with Crippen molar-refractivity contribution in [2.45, 2.75) is 6.92 Å². The van der Waals surface area contributed by atoms with Gasteiger partial charge >= 0.3 is 5.97 Å². The molecule has 0 rings (SSSR count). The summed E-state index contributed by atoms with van der Waals surface area (Å²) in [6.07, 6.45) is 1.56. The molecule has 0 fully saturated rings. The molecule has 0 saturated heterocycles. The number of methoxy groups -OCH3 is 1. The van der Waals surface area contributed by atoms with Crippen molar-refractivity contribution in [3.63, 3.8) is 0 Å². The van der Waals surface area contributed by atoms with E-state index in [0.717, 1.165) is 0 Å². The van der Waals surface area contributed by atoms with Crippen LogP contribution in [0.25, 0.3) is 0 Å². The van der Waals surface area contributed by atoms with Gasteiger partial charge in [0.2, 0.25) is 5.91 Å². The largest absolute Gasteiger partial charge is 0.462 e. The summed E-state index contributed by atoms with van der Waals surface area (Å²) in [6, 6.07) is 0. The van der Waals surface area contributed by atoms with Gasteiger partial charge in [0.05, 0.1) is 6.61 Å². The summed E-state index contributed by atoms with van der Waals surface area (Å²) in [7, 11) is 1.52. The first-order chi connectivity index (χ1) is 7.11. The first kappa shape index (κ1) is 13.6. The molecule has 0 heterocycles. The minimum absolute atomic E-state index is 0.0505. The van der Waals surface area contributed by atoms with Crippen molar-refractivity contribution in [2.24, 2.45) is 0 Å². The van der Waals surface area contributed by atoms with Crippen molar-refractivity contribution in [1.29, 1.82) is 0 Å². The highest BCUT2D eigenvalue weighted by Gasteiger charge is 2.12. The molecule has 0 aromatic heterocycles. The van der Waals surface area contributed by atoms with Crippen LogP contribution in [0, 0.1) is 0 Å². The van der Waals surface area contributed by atoms with E-state index in [4.69, 9.17) is 9.47 Å². The molecule has 0 aliphatic rings. The Morgan fingerprint density at radius 1 is 1.40 bits per heavy atom. The normalized spacial score (nSPS) is 9.47. The minimum Gasteiger partial charge on any atom is -0.462 e. The van der Waals surface area contributed by atoms with Gasteiger partial charge in [-0.1, -0.05) is 6.08 Å². The average molecular weight is 215 g/mol. The van der Waals surface area contributed by atoms with Gasteiger partial charge in [-0.05, 0) is 0 Å². The Kier molecular flexibility index (Phi) is 7.27. The molecular formula is C10H17NO4. The second-order valence-electron chi connectivity index (χ2n) is 2.90. The van der Waals surface area contributed by atoms with Crippen molar-refractivity contribution in [2.75, 3.05) is 33.4 Å². The van der Waals surface area contributed by atoms with E-state index in [1.807, 2.05) is 0 Å². The lowest BCUT2D eigenvalue weighted by molar-refractivity contribution is -0.149. The molecule has 5 heteroatoms. The van der Waals surface area contributed by atoms with Crippen LogP contribution in [0.3, 0.4) is 0 Å². The zero-order valence-electron chi connectivity index (χ0n) is 9.19. The summed E-state index contributed by atoms with van der Waals surface area (Å²) in [4.78, 5) is 23.6. The molecule has 0 bridgehead atoms. The third-order valence-electron chi connectivity index (χ3n) is 1.67. The fourth-order valence-corrected chi connectivity index (χ4v) is 0.901. The summed E-state index contributed by atoms with van der Waals surface area (Å²) >= 11 is 0. The van der Waals surface area contributed by atoms with E-state index in [1.54, 1.807) is 6.08 Å². The van der Waals surface area contributed by atoms with Crippen molar-refractivity contribution >= 4 is 11.9 Å². The summed E-state index contributed by atoms with van der Waals surface area (Å²) in [6.45, 7) is 5.74. The molecule has 0 atom stereocenters. The van der Waals surface area contributed by atoms with Gasteiger partial charge in [-0.3, -0.25) is 9.59 Å². The SMILES string of the molecule is C=CCN(CC(=O)OCCOC)C(C)=O. The molecule has 0 saturated carbocycles. The lowest BCUT2D eigenvalue weighted by atomic mass is 10.4. The van der Waals surface area contributed by atoms with Crippen LogP contribution in [0.1, 0.15) is 6.92 Å². The Bertz CT molecular complexity index is 227. The summed E-state index contributed by atoms with van der Waals surface area (Å²) in [5.74, 6) is -0.623. The van der Waals surface area contributed by atoms with Gasteiger partial charge in [0.15, 0.2) is 0 Å². The van der Waals surface area contributed by atoms with Crippen LogP contribution < -0.4 is 0 Å². The lowest BCUT2D eigenvalue weighted by Crippen LogP contribution is -2.35. The topological polar surface area (TPSA) is 55.8 Å². The lowest BCUT2D eigenvalue weighted by Gasteiger charge is -2.17. The van der Waals surface area contributed by atoms with Crippen molar-refractivity contribution in [3.8, 4) is 0 Å². The van der Waals surface area contributed by atoms with Crippen molar-refractivity contribution < 1.29 is 19.1 Å². The number of nitrogens with zero attached hydrogens (tertiary/aromatic N) is 1. The Balaban J connectivity index is 3.89. The van der Waals surface area contributed by atoms with E-state index in [0.29, 0.717) is 13.2 Å². The van der Waals surface area contributed by atoms with Gasteiger partial charge in [0.25, 0.3) is 0 Å². The fraction of sp³-hybridized carbons (Fsp3) is 0.600. The summed E-state index contributed by atoms with van der Waals surface area (Å²) in [5.41, 5.74) is 0. The van der Waals surface area contributed by atoms with E-state index in [1.165, 1.54) is 18.9 Å². The predicted octanol–water partition coefficient (Wildman–Crippen LogP) is 0.210. The van der Waals surface area contributed by atoms with E-state index in [9.17, 15) is 9.59 Å². The molecule has 1 amide bonds. The van der Waals surface area contributed by atoms with Crippen LogP contribution in [0.5, 0.6) is 0 Å². The standard InChI is InChI=1S/C10H17NO4/c1-4-5-11(9(2)12)8-10(13)15-7-6-14-3/h4H,1,5-8H2,2-3H3. The quantitative estimate of drug-likeness (QED) is 0.346. The first-order valence-electron chi connectivity index (χ1n) is 4.62. The van der Waals surface area contributed by atoms with Crippen LogP contribution in [0.4, 0.5) is 0 Å². The number of hydrogen-bond acceptors (Lipinski definition) is 4. The summed E-state index contributed by atoms with van der Waals surface area (Å²) in [5, 5.41) is 0. The third kappa shape index (κ3) is 6.68. The number of ether oxygens (including phenoxy) is 2. The molecule has 5 nitrogen and oxygen atoms in total. The first-order valence-corrected chi connectivity index (χ1v) is 4.62. The van der Waals surface area contributed by atoms with Gasteiger partial charge in [-0.2, -0.15) is 0 Å². The second-order valence-corrected chi connectivity index (χ2v) is 2.90. The predicted molar refractivity (Wildman–Crippen MR) is 55.3 cm³/mol. The highest BCUT2D eigenvalue weighted by atomic mass is 16.6. The third-order valence-corrected chi connectivity index (χ3v) is 1.67. The van der Waals surface area contributed by atoms with Gasteiger partial charge in [0.1, 0.15) is 13.2 Å². The molecule has 0 aliphatic heterocycles. The molecule has 0 aromatic carbocycles. The fourth-order valence-electron chi connectivity index (χ4n) is 0.901. The zero-order chi connectivity index (χ0) is 11.7. The molecule has 0 radical (unpaired) electrons. The van der Waals surface area contributed by atoms with E-state index < -0.39 is 5.97 Å². The molecule has 0 aliphatic carbocycles. The van der Waals surface area contributed by atoms with Gasteiger partial charge < -0.3 is 14.4 Å². The second kappa shape index (κ2) is 7.99. The molecule has 0 N–H and O–H groups in total. The van der Waals surface area contributed by atoms with Crippen LogP contribution in [0.2, 0.25) is 0 Å². The van der Waals surface area contributed by atoms with Gasteiger partial charge in [0, 0.05) is 20.6 Å². The number of rotatable bonds is 7. The van der Waals surface area contributed by atoms with Crippen LogP contribution in [0.15, 0.2) is 12.7 Å². The molecule has 86 valence electrons. The van der Waals surface area contributed by atoms with Crippen LogP contribution >= 0.6 is 0 Å². The van der Waals surface area contributed by atoms with E-state index in [2.05, 4.69) is 6.58 Å². The van der Waals surface area contributed by atoms with E-state index >= 15 is 0 Å². The highest BCUT2D eigenvalue weighted by Crippen LogP contribution is 1.92. The van der Waals surface area contributed by atoms with Crippen molar-refractivity contribution in [3.05, 3.63) is 12.7 Å². The smallest absolute Gasteiger partial charge is 0.325 e. The maximum atomic E-state index is 11.2. The Morgan fingerprint density at radius 3 is 2.53 bits per heavy atom. The Morgan fingerprint density at radius 2 is 2.07 bits per heavy atom. The zero-order valence-corrected chi connectivity index (χ0v) is 9.19. The summed E-state index contributed by atoms with van der Waals surface area (Å²) < 4.78 is 9.54. The minimum atomic E-state index is -0.441. The van der Waals surface area contributed by atoms with E-state index in [-0.39, 0.29) is 19.1 Å². The maximum absolute atomic E-state index is 11.2. The molecular weight excluding hydrogens is 198 g/mol. The number of esters is 1. The van der Waals surface area contributed by atoms with Crippen LogP contribution in [-0.2, 0) is 19.1 Å². The number of hydrogen-bond donors (Lipinski definition) is 0. The monoisotopic (exact) mass is 215 g/mol. The maximum Gasteiger partial charge on any atom is 0.325 e. The Labute approximate surface area is 89.6 Å². The van der Waals surface area contributed by atoms with Gasteiger partial charge in [-0.15, -0.1) is 6.58 Å².